The van der Waals surface area contributed by atoms with Crippen LogP contribution in [0.2, 0.25) is 0 Å². The molecule has 40 heavy (non-hydrogen) atoms. The minimum Gasteiger partial charge on any atom is -0.445 e. The Labute approximate surface area is 223 Å². The van der Waals surface area contributed by atoms with Crippen molar-refractivity contribution in [3.8, 4) is 5.75 Å². The van der Waals surface area contributed by atoms with Crippen molar-refractivity contribution in [1.29, 1.82) is 0 Å². The molecule has 0 spiro atoms. The molecule has 2 aliphatic rings. The molecule has 2 unspecified atom stereocenters. The number of rotatable bonds is 8. The number of ether oxygens (including phenoxy) is 2. The van der Waals surface area contributed by atoms with E-state index in [1.807, 2.05) is 5.32 Å². The second-order valence-corrected chi connectivity index (χ2v) is 8.72. The highest BCUT2D eigenvalue weighted by atomic mass is 19.4. The van der Waals surface area contributed by atoms with Crippen molar-refractivity contribution in [1.82, 2.24) is 15.5 Å². The fraction of sp³-hybridized carbons (Fsp3) is 0.280. The Bertz CT molecular complexity index is 1390. The maximum absolute atomic E-state index is 13.2. The van der Waals surface area contributed by atoms with Gasteiger partial charge in [0.15, 0.2) is 0 Å². The summed E-state index contributed by atoms with van der Waals surface area (Å²) in [5, 5.41) is 4.31. The highest BCUT2D eigenvalue weighted by Crippen LogP contribution is 2.34. The SMILES string of the molecule is NCc1ccc(CNC(=O)C(OC(=O)C(F)(F)F)Oc2cccc3c2C(=O)N(C2CCC(=O)NC2=O)C3=O)cc1. The third-order valence-corrected chi connectivity index (χ3v) is 6.05. The number of hydrogen-bond donors (Lipinski definition) is 3. The van der Waals surface area contributed by atoms with Gasteiger partial charge in [0.05, 0.1) is 11.1 Å². The fourth-order valence-electron chi connectivity index (χ4n) is 4.06. The number of amides is 5. The average molecular weight is 562 g/mol. The van der Waals surface area contributed by atoms with Crippen molar-refractivity contribution >= 4 is 35.5 Å². The number of halogens is 3. The number of alkyl halides is 3. The van der Waals surface area contributed by atoms with E-state index in [4.69, 9.17) is 10.5 Å². The maximum atomic E-state index is 13.2. The first-order valence-corrected chi connectivity index (χ1v) is 11.8. The van der Waals surface area contributed by atoms with Gasteiger partial charge in [0, 0.05) is 19.5 Å². The number of imide groups is 2. The van der Waals surface area contributed by atoms with E-state index in [-0.39, 0.29) is 31.5 Å². The number of hydrogen-bond acceptors (Lipinski definition) is 9. The Kier molecular flexibility index (Phi) is 7.86. The smallest absolute Gasteiger partial charge is 0.445 e. The monoisotopic (exact) mass is 562 g/mol. The van der Waals surface area contributed by atoms with Gasteiger partial charge in [0.25, 0.3) is 11.8 Å². The molecular weight excluding hydrogens is 541 g/mol. The summed E-state index contributed by atoms with van der Waals surface area (Å²) in [6.45, 7) is 0.0697. The number of benzene rings is 2. The van der Waals surface area contributed by atoms with E-state index in [9.17, 15) is 41.9 Å². The van der Waals surface area contributed by atoms with Crippen LogP contribution in [0.3, 0.4) is 0 Å². The summed E-state index contributed by atoms with van der Waals surface area (Å²) in [5.74, 6) is -8.02. The number of esters is 1. The number of nitrogens with zero attached hydrogens (tertiary/aromatic N) is 1. The Balaban J connectivity index is 1.58. The van der Waals surface area contributed by atoms with E-state index < -0.39 is 65.3 Å². The molecule has 2 aromatic rings. The minimum absolute atomic E-state index is 0.141. The van der Waals surface area contributed by atoms with Crippen LogP contribution in [0.1, 0.15) is 44.7 Å². The Morgan fingerprint density at radius 2 is 1.73 bits per heavy atom. The number of nitrogens with one attached hydrogen (secondary N) is 2. The van der Waals surface area contributed by atoms with Crippen LogP contribution < -0.4 is 21.1 Å². The molecule has 0 aliphatic carbocycles. The molecule has 0 aromatic heterocycles. The van der Waals surface area contributed by atoms with Gasteiger partial charge in [-0.3, -0.25) is 34.2 Å². The quantitative estimate of drug-likeness (QED) is 0.237. The van der Waals surface area contributed by atoms with Crippen LogP contribution in [0.5, 0.6) is 5.75 Å². The lowest BCUT2D eigenvalue weighted by molar-refractivity contribution is -0.216. The van der Waals surface area contributed by atoms with E-state index in [1.54, 1.807) is 24.3 Å². The maximum Gasteiger partial charge on any atom is 0.491 e. The van der Waals surface area contributed by atoms with Gasteiger partial charge in [-0.1, -0.05) is 30.3 Å². The largest absolute Gasteiger partial charge is 0.491 e. The lowest BCUT2D eigenvalue weighted by Crippen LogP contribution is -2.54. The van der Waals surface area contributed by atoms with Crippen molar-refractivity contribution in [3.63, 3.8) is 0 Å². The lowest BCUT2D eigenvalue weighted by Gasteiger charge is -2.27. The van der Waals surface area contributed by atoms with E-state index in [0.717, 1.165) is 11.6 Å². The fourth-order valence-corrected chi connectivity index (χ4v) is 4.06. The van der Waals surface area contributed by atoms with Gasteiger partial charge >= 0.3 is 24.3 Å². The van der Waals surface area contributed by atoms with Crippen LogP contribution in [0.25, 0.3) is 0 Å². The van der Waals surface area contributed by atoms with E-state index >= 15 is 0 Å². The molecular formula is C25H21F3N4O8. The summed E-state index contributed by atoms with van der Waals surface area (Å²) in [6, 6.07) is 8.72. The third kappa shape index (κ3) is 5.78. The minimum atomic E-state index is -5.48. The highest BCUT2D eigenvalue weighted by molar-refractivity contribution is 6.24. The van der Waals surface area contributed by atoms with Crippen LogP contribution in [0, 0.1) is 0 Å². The number of carbonyl (C=O) groups is 6. The van der Waals surface area contributed by atoms with Crippen molar-refractivity contribution < 1.29 is 51.4 Å². The zero-order valence-electron chi connectivity index (χ0n) is 20.4. The summed E-state index contributed by atoms with van der Waals surface area (Å²) in [7, 11) is 0. The number of nitrogens with two attached hydrogens (primary N) is 1. The van der Waals surface area contributed by atoms with E-state index in [2.05, 4.69) is 10.1 Å². The van der Waals surface area contributed by atoms with Crippen LogP contribution in [0.4, 0.5) is 13.2 Å². The van der Waals surface area contributed by atoms with E-state index in [0.29, 0.717) is 10.5 Å². The number of fused-ring (bicyclic) bond motifs is 1. The Morgan fingerprint density at radius 1 is 1.05 bits per heavy atom. The summed E-state index contributed by atoms with van der Waals surface area (Å²) < 4.78 is 48.4. The predicted octanol–water partition coefficient (Wildman–Crippen LogP) is 0.673. The molecule has 2 heterocycles. The highest BCUT2D eigenvalue weighted by Gasteiger charge is 2.47. The normalized spacial score (nSPS) is 17.7. The number of piperidine rings is 1. The first-order valence-electron chi connectivity index (χ1n) is 11.8. The Morgan fingerprint density at radius 3 is 2.35 bits per heavy atom. The molecule has 15 heteroatoms. The molecule has 4 rings (SSSR count). The van der Waals surface area contributed by atoms with Crippen LogP contribution in [-0.4, -0.2) is 58.9 Å². The molecule has 0 saturated carbocycles. The van der Waals surface area contributed by atoms with Crippen molar-refractivity contribution in [3.05, 3.63) is 64.7 Å². The Hall–Kier alpha value is -4.79. The van der Waals surface area contributed by atoms with Crippen LogP contribution in [0.15, 0.2) is 42.5 Å². The van der Waals surface area contributed by atoms with Gasteiger partial charge in [0.2, 0.25) is 11.8 Å². The standard InChI is InChI=1S/C25H21F3N4O8/c26-25(27,28)24(38)40-23(20(35)30-11-13-6-4-12(10-29)5-7-13)39-16-3-1-2-14-18(16)22(37)32(21(14)36)15-8-9-17(33)31-19(15)34/h1-7,15,23H,8-11,29H2,(H,30,35)(H,31,33,34). The molecule has 0 bridgehead atoms. The van der Waals surface area contributed by atoms with Gasteiger partial charge in [-0.2, -0.15) is 13.2 Å². The second kappa shape index (κ2) is 11.1. The predicted molar refractivity (Wildman–Crippen MR) is 126 cm³/mol. The summed E-state index contributed by atoms with van der Waals surface area (Å²) in [5.41, 5.74) is 6.12. The third-order valence-electron chi connectivity index (χ3n) is 6.05. The second-order valence-electron chi connectivity index (χ2n) is 8.72. The molecule has 1 saturated heterocycles. The van der Waals surface area contributed by atoms with Gasteiger partial charge in [0.1, 0.15) is 11.8 Å². The van der Waals surface area contributed by atoms with Crippen molar-refractivity contribution in [2.45, 2.75) is 44.4 Å². The molecule has 2 aliphatic heterocycles. The molecule has 12 nitrogen and oxygen atoms in total. The average Bonchev–Trinajstić information content (AvgIpc) is 3.17. The van der Waals surface area contributed by atoms with Crippen molar-refractivity contribution in [2.24, 2.45) is 5.73 Å². The molecule has 210 valence electrons. The van der Waals surface area contributed by atoms with Gasteiger partial charge in [-0.15, -0.1) is 0 Å². The molecule has 0 radical (unpaired) electrons. The van der Waals surface area contributed by atoms with E-state index in [1.165, 1.54) is 12.1 Å². The molecule has 4 N–H and O–H groups in total. The van der Waals surface area contributed by atoms with Crippen LogP contribution >= 0.6 is 0 Å². The molecule has 1 fully saturated rings. The van der Waals surface area contributed by atoms with Gasteiger partial charge in [-0.25, -0.2) is 4.79 Å². The first-order chi connectivity index (χ1) is 18.9. The first kappa shape index (κ1) is 28.2. The van der Waals surface area contributed by atoms with Gasteiger partial charge < -0.3 is 20.5 Å². The molecule has 2 aromatic carbocycles. The van der Waals surface area contributed by atoms with Crippen LogP contribution in [-0.2, 0) is 37.0 Å². The zero-order valence-corrected chi connectivity index (χ0v) is 20.4. The topological polar surface area (TPSA) is 174 Å². The molecule has 2 atom stereocenters. The lowest BCUT2D eigenvalue weighted by atomic mass is 10.0. The van der Waals surface area contributed by atoms with Crippen molar-refractivity contribution in [2.75, 3.05) is 0 Å². The zero-order chi connectivity index (χ0) is 29.2. The summed E-state index contributed by atoms with van der Waals surface area (Å²) >= 11 is 0. The summed E-state index contributed by atoms with van der Waals surface area (Å²) in [6.07, 6.45) is -8.28. The van der Waals surface area contributed by atoms with Gasteiger partial charge in [-0.05, 0) is 29.7 Å². The summed E-state index contributed by atoms with van der Waals surface area (Å²) in [4.78, 5) is 74.9. The molecule has 5 amide bonds. The number of carbonyl (C=O) groups excluding carboxylic acids is 6.